The van der Waals surface area contributed by atoms with Gasteiger partial charge < -0.3 is 0 Å². The summed E-state index contributed by atoms with van der Waals surface area (Å²) in [4.78, 5) is 0.282. The quantitative estimate of drug-likeness (QED) is 0.822. The number of benzene rings is 1. The molecule has 0 atom stereocenters. The number of sulfonamides is 1. The number of nitrogens with zero attached hydrogens (tertiary/aromatic N) is 2. The molecule has 1 heterocycles. The summed E-state index contributed by atoms with van der Waals surface area (Å²) >= 11 is 6.01. The van der Waals surface area contributed by atoms with Crippen LogP contribution in [0.15, 0.2) is 29.3 Å². The van der Waals surface area contributed by atoms with E-state index in [-0.39, 0.29) is 4.90 Å². The van der Waals surface area contributed by atoms with Crippen molar-refractivity contribution < 1.29 is 8.42 Å². The van der Waals surface area contributed by atoms with Crippen molar-refractivity contribution in [1.29, 1.82) is 0 Å². The Morgan fingerprint density at radius 2 is 1.95 bits per heavy atom. The first kappa shape index (κ1) is 17.0. The molecule has 0 amide bonds. The normalized spacial score (nSPS) is 11.8. The Labute approximate surface area is 136 Å². The largest absolute Gasteiger partial charge is 0.272 e. The summed E-state index contributed by atoms with van der Waals surface area (Å²) in [7, 11) is -3.52. The Hall–Kier alpha value is -1.37. The molecule has 0 fully saturated rings. The van der Waals surface area contributed by atoms with Crippen LogP contribution in [0.4, 0.5) is 0 Å². The molecule has 0 spiro atoms. The Morgan fingerprint density at radius 3 is 2.59 bits per heavy atom. The summed E-state index contributed by atoms with van der Waals surface area (Å²) in [6.45, 7) is 6.50. The van der Waals surface area contributed by atoms with E-state index >= 15 is 0 Å². The van der Waals surface area contributed by atoms with E-state index in [1.807, 2.05) is 19.2 Å². The Kier molecular flexibility index (Phi) is 5.26. The predicted molar refractivity (Wildman–Crippen MR) is 87.7 cm³/mol. The molecule has 5 nitrogen and oxygen atoms in total. The van der Waals surface area contributed by atoms with Crippen molar-refractivity contribution in [2.24, 2.45) is 0 Å². The maximum atomic E-state index is 12.4. The van der Waals surface area contributed by atoms with Crippen LogP contribution >= 0.6 is 11.6 Å². The fourth-order valence-electron chi connectivity index (χ4n) is 2.16. The molecule has 2 rings (SSSR count). The zero-order valence-corrected chi connectivity index (χ0v) is 14.5. The summed E-state index contributed by atoms with van der Waals surface area (Å²) in [5.41, 5.74) is 2.35. The minimum atomic E-state index is -3.52. The third-order valence-corrected chi connectivity index (χ3v) is 5.39. The van der Waals surface area contributed by atoms with Crippen LogP contribution in [0, 0.1) is 20.8 Å². The molecule has 1 aromatic heterocycles. The summed E-state index contributed by atoms with van der Waals surface area (Å²) in [6.07, 6.45) is 2.56. The van der Waals surface area contributed by atoms with Gasteiger partial charge in [-0.05, 0) is 56.5 Å². The molecule has 0 unspecified atom stereocenters. The van der Waals surface area contributed by atoms with Crippen LogP contribution in [0.25, 0.3) is 0 Å². The summed E-state index contributed by atoms with van der Waals surface area (Å²) in [5.74, 6) is 0. The number of hydrogen-bond donors (Lipinski definition) is 1. The van der Waals surface area contributed by atoms with E-state index in [2.05, 4.69) is 9.82 Å². The first-order chi connectivity index (χ1) is 10.3. The SMILES string of the molecule is Cc1ccn(CCCNS(=O)(=O)c2cc(C)c(Cl)cc2C)n1. The Balaban J connectivity index is 1.98. The van der Waals surface area contributed by atoms with Crippen LogP contribution in [0.1, 0.15) is 23.2 Å². The molecule has 22 heavy (non-hydrogen) atoms. The van der Waals surface area contributed by atoms with Crippen molar-refractivity contribution in [3.8, 4) is 0 Å². The Bertz CT molecular complexity index is 769. The third kappa shape index (κ3) is 4.09. The molecule has 0 bridgehead atoms. The lowest BCUT2D eigenvalue weighted by Crippen LogP contribution is -2.26. The molecule has 0 aliphatic heterocycles. The van der Waals surface area contributed by atoms with Gasteiger partial charge in [0.15, 0.2) is 0 Å². The number of hydrogen-bond acceptors (Lipinski definition) is 3. The van der Waals surface area contributed by atoms with E-state index in [9.17, 15) is 8.42 Å². The second kappa shape index (κ2) is 6.81. The molecule has 0 aliphatic carbocycles. The molecule has 2 aromatic rings. The molecule has 0 radical (unpaired) electrons. The third-order valence-electron chi connectivity index (χ3n) is 3.38. The van der Waals surface area contributed by atoms with Crippen molar-refractivity contribution >= 4 is 21.6 Å². The van der Waals surface area contributed by atoms with Crippen molar-refractivity contribution in [3.05, 3.63) is 46.2 Å². The van der Waals surface area contributed by atoms with Crippen molar-refractivity contribution in [2.45, 2.75) is 38.6 Å². The standard InChI is InChI=1S/C15H20ClN3O2S/c1-11-10-15(12(2)9-14(11)16)22(20,21)17-6-4-7-19-8-5-13(3)18-19/h5,8-10,17H,4,6-7H2,1-3H3. The van der Waals surface area contributed by atoms with Gasteiger partial charge in [0.1, 0.15) is 0 Å². The first-order valence-electron chi connectivity index (χ1n) is 7.06. The lowest BCUT2D eigenvalue weighted by Gasteiger charge is -2.11. The highest BCUT2D eigenvalue weighted by atomic mass is 35.5. The summed E-state index contributed by atoms with van der Waals surface area (Å²) in [6, 6.07) is 5.21. The van der Waals surface area contributed by atoms with Crippen LogP contribution < -0.4 is 4.72 Å². The highest BCUT2D eigenvalue weighted by Crippen LogP contribution is 2.23. The molecule has 0 aliphatic rings. The maximum Gasteiger partial charge on any atom is 0.240 e. The smallest absolute Gasteiger partial charge is 0.240 e. The van der Waals surface area contributed by atoms with Crippen LogP contribution in [0.5, 0.6) is 0 Å². The van der Waals surface area contributed by atoms with Gasteiger partial charge in [0.05, 0.1) is 10.6 Å². The Morgan fingerprint density at radius 1 is 1.23 bits per heavy atom. The summed E-state index contributed by atoms with van der Waals surface area (Å²) < 4.78 is 29.1. The molecule has 7 heteroatoms. The van der Waals surface area contributed by atoms with Gasteiger partial charge in [0.25, 0.3) is 0 Å². The van der Waals surface area contributed by atoms with Crippen LogP contribution in [-0.2, 0) is 16.6 Å². The molecule has 0 saturated carbocycles. The van der Waals surface area contributed by atoms with Crippen LogP contribution in [0.3, 0.4) is 0 Å². The average molecular weight is 342 g/mol. The van der Waals surface area contributed by atoms with Gasteiger partial charge in [-0.25, -0.2) is 13.1 Å². The molecular formula is C15H20ClN3O2S. The van der Waals surface area contributed by atoms with Gasteiger partial charge >= 0.3 is 0 Å². The van der Waals surface area contributed by atoms with Gasteiger partial charge in [-0.2, -0.15) is 5.10 Å². The van der Waals surface area contributed by atoms with Gasteiger partial charge in [0, 0.05) is 24.3 Å². The second-order valence-electron chi connectivity index (χ2n) is 5.34. The maximum absolute atomic E-state index is 12.4. The highest BCUT2D eigenvalue weighted by Gasteiger charge is 2.17. The number of aromatic nitrogens is 2. The molecule has 0 saturated heterocycles. The van der Waals surface area contributed by atoms with E-state index in [0.29, 0.717) is 30.1 Å². The highest BCUT2D eigenvalue weighted by molar-refractivity contribution is 7.89. The zero-order chi connectivity index (χ0) is 16.3. The minimum absolute atomic E-state index is 0.282. The van der Waals surface area contributed by atoms with Crippen molar-refractivity contribution in [3.63, 3.8) is 0 Å². The van der Waals surface area contributed by atoms with Gasteiger partial charge in [-0.15, -0.1) is 0 Å². The number of rotatable bonds is 6. The van der Waals surface area contributed by atoms with E-state index in [0.717, 1.165) is 11.3 Å². The van der Waals surface area contributed by atoms with Gasteiger partial charge in [-0.3, -0.25) is 4.68 Å². The molecule has 120 valence electrons. The van der Waals surface area contributed by atoms with E-state index in [1.165, 1.54) is 0 Å². The molecule has 1 N–H and O–H groups in total. The fourth-order valence-corrected chi connectivity index (χ4v) is 3.76. The molecule has 1 aromatic carbocycles. The number of halogens is 1. The average Bonchev–Trinajstić information content (AvgIpc) is 2.84. The van der Waals surface area contributed by atoms with E-state index in [4.69, 9.17) is 11.6 Å². The summed E-state index contributed by atoms with van der Waals surface area (Å²) in [5, 5.41) is 4.84. The topological polar surface area (TPSA) is 64.0 Å². The van der Waals surface area contributed by atoms with E-state index < -0.39 is 10.0 Å². The van der Waals surface area contributed by atoms with Gasteiger partial charge in [0.2, 0.25) is 10.0 Å². The predicted octanol–water partition coefficient (Wildman–Crippen LogP) is 2.83. The minimum Gasteiger partial charge on any atom is -0.272 e. The van der Waals surface area contributed by atoms with Crippen LogP contribution in [-0.4, -0.2) is 24.7 Å². The second-order valence-corrected chi connectivity index (χ2v) is 7.48. The van der Waals surface area contributed by atoms with Crippen molar-refractivity contribution in [2.75, 3.05) is 6.54 Å². The van der Waals surface area contributed by atoms with Gasteiger partial charge in [-0.1, -0.05) is 11.6 Å². The van der Waals surface area contributed by atoms with Crippen LogP contribution in [0.2, 0.25) is 5.02 Å². The zero-order valence-electron chi connectivity index (χ0n) is 12.9. The monoisotopic (exact) mass is 341 g/mol. The first-order valence-corrected chi connectivity index (χ1v) is 8.92. The van der Waals surface area contributed by atoms with E-state index in [1.54, 1.807) is 30.7 Å². The number of aryl methyl sites for hydroxylation is 4. The molecular weight excluding hydrogens is 322 g/mol. The van der Waals surface area contributed by atoms with Crippen molar-refractivity contribution in [1.82, 2.24) is 14.5 Å². The fraction of sp³-hybridized carbons (Fsp3) is 0.400. The lowest BCUT2D eigenvalue weighted by atomic mass is 10.2. The lowest BCUT2D eigenvalue weighted by molar-refractivity contribution is 0.551. The number of nitrogens with one attached hydrogen (secondary N) is 1.